The van der Waals surface area contributed by atoms with Crippen molar-refractivity contribution in [3.63, 3.8) is 0 Å². The van der Waals surface area contributed by atoms with Gasteiger partial charge >= 0.3 is 6.18 Å². The van der Waals surface area contributed by atoms with Gasteiger partial charge in [-0.1, -0.05) is 45.4 Å². The molecule has 4 aromatic rings. The van der Waals surface area contributed by atoms with Gasteiger partial charge in [-0.2, -0.15) is 13.2 Å². The summed E-state index contributed by atoms with van der Waals surface area (Å²) in [4.78, 5) is 9.25. The van der Waals surface area contributed by atoms with Crippen LogP contribution in [0.1, 0.15) is 51.2 Å². The van der Waals surface area contributed by atoms with Gasteiger partial charge in [0.15, 0.2) is 0 Å². The first kappa shape index (κ1) is 30.4. The number of rotatable bonds is 6. The predicted molar refractivity (Wildman–Crippen MR) is 170 cm³/mol. The van der Waals surface area contributed by atoms with Gasteiger partial charge in [0.25, 0.3) is 0 Å². The van der Waals surface area contributed by atoms with Crippen molar-refractivity contribution in [3.8, 4) is 0 Å². The Bertz CT molecular complexity index is 1580. The fourth-order valence-corrected chi connectivity index (χ4v) is 7.70. The average Bonchev–Trinajstić information content (AvgIpc) is 3.01. The first-order chi connectivity index (χ1) is 21.0. The van der Waals surface area contributed by atoms with Gasteiger partial charge < -0.3 is 10.2 Å². The molecule has 8 heteroatoms. The molecule has 1 aromatic heterocycles. The van der Waals surface area contributed by atoms with Crippen LogP contribution in [-0.4, -0.2) is 36.1 Å². The third-order valence-electron chi connectivity index (χ3n) is 9.82. The van der Waals surface area contributed by atoms with Crippen molar-refractivity contribution in [2.75, 3.05) is 36.4 Å². The van der Waals surface area contributed by atoms with Crippen molar-refractivity contribution in [2.45, 2.75) is 51.7 Å². The van der Waals surface area contributed by atoms with Crippen LogP contribution in [0.2, 0.25) is 0 Å². The second-order valence-corrected chi connectivity index (χ2v) is 12.9. The van der Waals surface area contributed by atoms with E-state index in [1.807, 2.05) is 12.1 Å². The molecule has 1 saturated carbocycles. The van der Waals surface area contributed by atoms with Crippen LogP contribution < -0.4 is 10.2 Å². The normalized spacial score (nSPS) is 23.3. The Morgan fingerprint density at radius 1 is 0.886 bits per heavy atom. The molecule has 0 bridgehead atoms. The highest BCUT2D eigenvalue weighted by molar-refractivity contribution is 5.93. The van der Waals surface area contributed by atoms with Crippen LogP contribution in [0.25, 0.3) is 10.9 Å². The molecule has 0 amide bonds. The van der Waals surface area contributed by atoms with Gasteiger partial charge in [0.2, 0.25) is 0 Å². The molecule has 0 spiro atoms. The van der Waals surface area contributed by atoms with Crippen LogP contribution in [-0.2, 0) is 11.7 Å². The molecule has 3 unspecified atom stereocenters. The highest BCUT2D eigenvalue weighted by Gasteiger charge is 2.50. The molecule has 44 heavy (non-hydrogen) atoms. The summed E-state index contributed by atoms with van der Waals surface area (Å²) < 4.78 is 53.4. The van der Waals surface area contributed by atoms with Gasteiger partial charge in [-0.05, 0) is 90.8 Å². The lowest BCUT2D eigenvalue weighted by Crippen LogP contribution is -2.61. The number of anilines is 3. The van der Waals surface area contributed by atoms with E-state index in [0.29, 0.717) is 28.7 Å². The van der Waals surface area contributed by atoms with Crippen LogP contribution in [0.5, 0.6) is 0 Å². The zero-order valence-corrected chi connectivity index (χ0v) is 25.5. The molecular weight excluding hydrogens is 564 g/mol. The summed E-state index contributed by atoms with van der Waals surface area (Å²) in [6.07, 6.45) is 0.625. The van der Waals surface area contributed by atoms with Crippen LogP contribution in [0.4, 0.5) is 34.6 Å². The molecule has 3 atom stereocenters. The number of aromatic nitrogens is 1. The first-order valence-corrected chi connectivity index (χ1v) is 15.6. The van der Waals surface area contributed by atoms with E-state index in [-0.39, 0.29) is 11.4 Å². The van der Waals surface area contributed by atoms with Gasteiger partial charge in [0.05, 0.1) is 11.1 Å². The Morgan fingerprint density at radius 2 is 1.59 bits per heavy atom. The number of fused-ring (bicyclic) bond motifs is 1. The molecule has 1 saturated heterocycles. The van der Waals surface area contributed by atoms with E-state index in [9.17, 15) is 17.6 Å². The Labute approximate surface area is 257 Å². The predicted octanol–water partition coefficient (Wildman–Crippen LogP) is 9.25. The SMILES string of the molecule is CC1CCC(C(C)C)C(c2ccc(Nc3ccnc4cc(C(F)(F)F)ccc34)cc2)(N2CCN(c3ccc(F)cc3)CC2)C1. The summed E-state index contributed by atoms with van der Waals surface area (Å²) >= 11 is 0. The Balaban J connectivity index is 1.29. The molecule has 0 radical (unpaired) electrons. The van der Waals surface area contributed by atoms with Crippen molar-refractivity contribution >= 4 is 28.0 Å². The molecule has 6 rings (SSSR count). The number of piperazine rings is 1. The fourth-order valence-electron chi connectivity index (χ4n) is 7.70. The second-order valence-electron chi connectivity index (χ2n) is 12.9. The first-order valence-electron chi connectivity index (χ1n) is 15.6. The minimum Gasteiger partial charge on any atom is -0.369 e. The molecule has 1 N–H and O–H groups in total. The number of hydrogen-bond acceptors (Lipinski definition) is 4. The lowest BCUT2D eigenvalue weighted by Gasteiger charge is -2.57. The second kappa shape index (κ2) is 12.0. The summed E-state index contributed by atoms with van der Waals surface area (Å²) in [5.41, 5.74) is 3.47. The zero-order chi connectivity index (χ0) is 31.1. The number of benzene rings is 3. The number of nitrogens with zero attached hydrogens (tertiary/aromatic N) is 3. The largest absolute Gasteiger partial charge is 0.416 e. The standard InChI is InChI=1S/C36H40F4N4/c1-24(2)32-15-4-25(3)23-35(32,44-20-18-43(19-21-44)30-12-8-28(37)9-13-30)26-5-10-29(11-6-26)42-33-16-17-41-34-22-27(36(38,39)40)7-14-31(33)34/h5-14,16-17,22,24-25,32H,4,15,18-21,23H2,1-3H3,(H,41,42). The van der Waals surface area contributed by atoms with Gasteiger partial charge in [-0.3, -0.25) is 9.88 Å². The minimum atomic E-state index is -4.41. The molecule has 232 valence electrons. The van der Waals surface area contributed by atoms with E-state index in [0.717, 1.165) is 61.8 Å². The van der Waals surface area contributed by atoms with Crippen LogP contribution in [0.15, 0.2) is 79.0 Å². The summed E-state index contributed by atoms with van der Waals surface area (Å²) in [6.45, 7) is 10.7. The number of halogens is 4. The number of nitrogens with one attached hydrogen (secondary N) is 1. The highest BCUT2D eigenvalue weighted by atomic mass is 19.4. The van der Waals surface area contributed by atoms with Crippen molar-refractivity contribution < 1.29 is 17.6 Å². The molecular formula is C36H40F4N4. The molecule has 2 aliphatic rings. The number of hydrogen-bond donors (Lipinski definition) is 1. The highest BCUT2D eigenvalue weighted by Crippen LogP contribution is 2.51. The smallest absolute Gasteiger partial charge is 0.369 e. The van der Waals surface area contributed by atoms with E-state index in [4.69, 9.17) is 0 Å². The van der Waals surface area contributed by atoms with Crippen molar-refractivity contribution in [3.05, 3.63) is 95.9 Å². The van der Waals surface area contributed by atoms with Crippen LogP contribution >= 0.6 is 0 Å². The average molecular weight is 605 g/mol. The van der Waals surface area contributed by atoms with Gasteiger partial charge in [-0.15, -0.1) is 0 Å². The summed E-state index contributed by atoms with van der Waals surface area (Å²) in [6, 6.07) is 21.0. The van der Waals surface area contributed by atoms with E-state index in [1.54, 1.807) is 6.07 Å². The molecule has 2 heterocycles. The van der Waals surface area contributed by atoms with Gasteiger partial charge in [-0.25, -0.2) is 4.39 Å². The van der Waals surface area contributed by atoms with Crippen molar-refractivity contribution in [2.24, 2.45) is 17.8 Å². The molecule has 1 aliphatic carbocycles. The third-order valence-corrected chi connectivity index (χ3v) is 9.82. The maximum Gasteiger partial charge on any atom is 0.416 e. The maximum absolute atomic E-state index is 13.6. The fraction of sp³-hybridized carbons (Fsp3) is 0.417. The quantitative estimate of drug-likeness (QED) is 0.222. The topological polar surface area (TPSA) is 31.4 Å². The van der Waals surface area contributed by atoms with Gasteiger partial charge in [0.1, 0.15) is 5.82 Å². The number of pyridine rings is 1. The lowest BCUT2D eigenvalue weighted by molar-refractivity contribution is -0.137. The van der Waals surface area contributed by atoms with E-state index in [2.05, 4.69) is 65.1 Å². The van der Waals surface area contributed by atoms with Crippen LogP contribution in [0.3, 0.4) is 0 Å². The summed E-state index contributed by atoms with van der Waals surface area (Å²) in [7, 11) is 0. The van der Waals surface area contributed by atoms with E-state index in [1.165, 1.54) is 42.8 Å². The van der Waals surface area contributed by atoms with Gasteiger partial charge in [0, 0.05) is 60.4 Å². The van der Waals surface area contributed by atoms with Crippen LogP contribution in [0, 0.1) is 23.6 Å². The molecule has 3 aromatic carbocycles. The number of alkyl halides is 3. The Hall–Kier alpha value is -3.65. The summed E-state index contributed by atoms with van der Waals surface area (Å²) in [5.74, 6) is 1.40. The van der Waals surface area contributed by atoms with E-state index < -0.39 is 11.7 Å². The zero-order valence-electron chi connectivity index (χ0n) is 25.5. The third kappa shape index (κ3) is 5.88. The molecule has 2 fully saturated rings. The van der Waals surface area contributed by atoms with Crippen molar-refractivity contribution in [1.82, 2.24) is 9.88 Å². The lowest BCUT2D eigenvalue weighted by atomic mass is 9.61. The molecule has 4 nitrogen and oxygen atoms in total. The minimum absolute atomic E-state index is 0.101. The monoisotopic (exact) mass is 604 g/mol. The molecule has 1 aliphatic heterocycles. The van der Waals surface area contributed by atoms with Crippen molar-refractivity contribution in [1.29, 1.82) is 0 Å². The maximum atomic E-state index is 13.6. The van der Waals surface area contributed by atoms with E-state index >= 15 is 0 Å². The Morgan fingerprint density at radius 3 is 2.25 bits per heavy atom. The Kier molecular flexibility index (Phi) is 8.31. The summed E-state index contributed by atoms with van der Waals surface area (Å²) in [5, 5.41) is 4.07.